The van der Waals surface area contributed by atoms with Crippen LogP contribution in [0, 0.1) is 6.92 Å². The maximum Gasteiger partial charge on any atom is 0.222 e. The van der Waals surface area contributed by atoms with Crippen molar-refractivity contribution in [1.29, 1.82) is 0 Å². The maximum atomic E-state index is 12.2. The monoisotopic (exact) mass is 276 g/mol. The predicted octanol–water partition coefficient (Wildman–Crippen LogP) is 1.71. The summed E-state index contributed by atoms with van der Waals surface area (Å²) in [5.74, 6) is 1.17. The second-order valence-corrected chi connectivity index (χ2v) is 5.49. The zero-order chi connectivity index (χ0) is 14.5. The minimum Gasteiger partial charge on any atom is -0.496 e. The van der Waals surface area contributed by atoms with E-state index in [-0.39, 0.29) is 5.91 Å². The van der Waals surface area contributed by atoms with Gasteiger partial charge < -0.3 is 14.5 Å². The summed E-state index contributed by atoms with van der Waals surface area (Å²) < 4.78 is 5.25. The van der Waals surface area contributed by atoms with Crippen molar-refractivity contribution in [1.82, 2.24) is 9.80 Å². The van der Waals surface area contributed by atoms with Crippen LogP contribution in [0.5, 0.6) is 5.75 Å². The normalized spacial score (nSPS) is 16.2. The van der Waals surface area contributed by atoms with E-state index in [1.54, 1.807) is 7.11 Å². The molecule has 0 saturated carbocycles. The molecule has 1 amide bonds. The van der Waals surface area contributed by atoms with Crippen LogP contribution >= 0.6 is 0 Å². The molecule has 0 aliphatic carbocycles. The summed E-state index contributed by atoms with van der Waals surface area (Å²) in [6.07, 6.45) is 1.39. The lowest BCUT2D eigenvalue weighted by Gasteiger charge is -2.32. The van der Waals surface area contributed by atoms with Crippen molar-refractivity contribution in [2.45, 2.75) is 19.8 Å². The lowest BCUT2D eigenvalue weighted by Crippen LogP contribution is -2.47. The molecular formula is C16H24N2O2. The van der Waals surface area contributed by atoms with Crippen molar-refractivity contribution < 1.29 is 9.53 Å². The quantitative estimate of drug-likeness (QED) is 0.839. The van der Waals surface area contributed by atoms with Gasteiger partial charge in [0.15, 0.2) is 0 Å². The lowest BCUT2D eigenvalue weighted by atomic mass is 10.1. The molecule has 1 aromatic rings. The zero-order valence-electron chi connectivity index (χ0n) is 12.7. The number of rotatable bonds is 4. The summed E-state index contributed by atoms with van der Waals surface area (Å²) in [4.78, 5) is 16.4. The summed E-state index contributed by atoms with van der Waals surface area (Å²) >= 11 is 0. The van der Waals surface area contributed by atoms with E-state index in [1.165, 1.54) is 5.56 Å². The maximum absolute atomic E-state index is 12.2. The van der Waals surface area contributed by atoms with Crippen molar-refractivity contribution in [2.24, 2.45) is 0 Å². The number of hydrogen-bond donors (Lipinski definition) is 0. The number of carbonyl (C=O) groups is 1. The fourth-order valence-corrected chi connectivity index (χ4v) is 2.56. The van der Waals surface area contributed by atoms with Gasteiger partial charge in [0.05, 0.1) is 7.11 Å². The van der Waals surface area contributed by atoms with Gasteiger partial charge in [0.1, 0.15) is 5.75 Å². The Morgan fingerprint density at radius 2 is 1.95 bits per heavy atom. The van der Waals surface area contributed by atoms with Crippen LogP contribution in [0.1, 0.15) is 17.5 Å². The third-order valence-corrected chi connectivity index (χ3v) is 3.94. The Morgan fingerprint density at radius 1 is 1.25 bits per heavy atom. The van der Waals surface area contributed by atoms with Gasteiger partial charge in [-0.25, -0.2) is 0 Å². The SMILES string of the molecule is COc1ccc(CCC(=O)N2CCN(C)CC2)cc1C. The summed E-state index contributed by atoms with van der Waals surface area (Å²) in [5.41, 5.74) is 2.32. The molecule has 0 radical (unpaired) electrons. The number of carbonyl (C=O) groups excluding carboxylic acids is 1. The molecule has 4 nitrogen and oxygen atoms in total. The highest BCUT2D eigenvalue weighted by molar-refractivity contribution is 5.76. The molecule has 1 fully saturated rings. The molecule has 1 aliphatic rings. The smallest absolute Gasteiger partial charge is 0.222 e. The van der Waals surface area contributed by atoms with E-state index < -0.39 is 0 Å². The minimum absolute atomic E-state index is 0.270. The third kappa shape index (κ3) is 3.73. The predicted molar refractivity (Wildman–Crippen MR) is 80.1 cm³/mol. The summed E-state index contributed by atoms with van der Waals surface area (Å²) in [6, 6.07) is 6.13. The number of hydrogen-bond acceptors (Lipinski definition) is 3. The molecule has 0 spiro atoms. The number of aryl methyl sites for hydroxylation is 2. The van der Waals surface area contributed by atoms with Gasteiger partial charge in [-0.15, -0.1) is 0 Å². The Kier molecular flexibility index (Phi) is 5.01. The molecule has 20 heavy (non-hydrogen) atoms. The molecule has 0 bridgehead atoms. The molecule has 4 heteroatoms. The molecule has 0 aromatic heterocycles. The first-order valence-electron chi connectivity index (χ1n) is 7.20. The van der Waals surface area contributed by atoms with Gasteiger partial charge in [0, 0.05) is 32.6 Å². The average Bonchev–Trinajstić information content (AvgIpc) is 2.45. The van der Waals surface area contributed by atoms with Gasteiger partial charge in [0.25, 0.3) is 0 Å². The standard InChI is InChI=1S/C16H24N2O2/c1-13-12-14(4-6-15(13)20-3)5-7-16(19)18-10-8-17(2)9-11-18/h4,6,12H,5,7-11H2,1-3H3. The zero-order valence-corrected chi connectivity index (χ0v) is 12.7. The highest BCUT2D eigenvalue weighted by Gasteiger charge is 2.18. The number of piperazine rings is 1. The van der Waals surface area contributed by atoms with Gasteiger partial charge in [0.2, 0.25) is 5.91 Å². The van der Waals surface area contributed by atoms with Crippen LogP contribution in [0.3, 0.4) is 0 Å². The Morgan fingerprint density at radius 3 is 2.55 bits per heavy atom. The molecule has 110 valence electrons. The highest BCUT2D eigenvalue weighted by atomic mass is 16.5. The van der Waals surface area contributed by atoms with Crippen molar-refractivity contribution in [2.75, 3.05) is 40.3 Å². The lowest BCUT2D eigenvalue weighted by molar-refractivity contribution is -0.132. The van der Waals surface area contributed by atoms with E-state index >= 15 is 0 Å². The van der Waals surface area contributed by atoms with Gasteiger partial charge in [-0.05, 0) is 37.6 Å². The number of nitrogens with zero attached hydrogens (tertiary/aromatic N) is 2. The van der Waals surface area contributed by atoms with Crippen LogP contribution in [0.15, 0.2) is 18.2 Å². The average molecular weight is 276 g/mol. The number of ether oxygens (including phenoxy) is 1. The summed E-state index contributed by atoms with van der Waals surface area (Å²) in [7, 11) is 3.78. The first-order valence-corrected chi connectivity index (χ1v) is 7.20. The van der Waals surface area contributed by atoms with Gasteiger partial charge in [-0.2, -0.15) is 0 Å². The molecule has 1 saturated heterocycles. The third-order valence-electron chi connectivity index (χ3n) is 3.94. The Hall–Kier alpha value is -1.55. The number of amides is 1. The molecular weight excluding hydrogens is 252 g/mol. The molecule has 1 aliphatic heterocycles. The number of methoxy groups -OCH3 is 1. The molecule has 0 atom stereocenters. The Labute approximate surface area is 121 Å². The summed E-state index contributed by atoms with van der Waals surface area (Å²) in [5, 5.41) is 0. The molecule has 0 N–H and O–H groups in total. The first-order chi connectivity index (χ1) is 9.60. The van der Waals surface area contributed by atoms with Crippen LogP contribution in [0.4, 0.5) is 0 Å². The second kappa shape index (κ2) is 6.75. The van der Waals surface area contributed by atoms with Crippen LogP contribution in [-0.2, 0) is 11.2 Å². The van der Waals surface area contributed by atoms with E-state index in [1.807, 2.05) is 24.0 Å². The fourth-order valence-electron chi connectivity index (χ4n) is 2.56. The van der Waals surface area contributed by atoms with Gasteiger partial charge in [-0.1, -0.05) is 12.1 Å². The van der Waals surface area contributed by atoms with Crippen LogP contribution < -0.4 is 4.74 Å². The van der Waals surface area contributed by atoms with Gasteiger partial charge in [-0.3, -0.25) is 4.79 Å². The van der Waals surface area contributed by atoms with E-state index in [0.29, 0.717) is 6.42 Å². The van der Waals surface area contributed by atoms with Crippen LogP contribution in [0.25, 0.3) is 0 Å². The largest absolute Gasteiger partial charge is 0.496 e. The molecule has 1 aromatic carbocycles. The Balaban J connectivity index is 1.85. The summed E-state index contributed by atoms with van der Waals surface area (Å²) in [6.45, 7) is 5.71. The fraction of sp³-hybridized carbons (Fsp3) is 0.562. The molecule has 2 rings (SSSR count). The van der Waals surface area contributed by atoms with E-state index in [2.05, 4.69) is 18.0 Å². The van der Waals surface area contributed by atoms with E-state index in [9.17, 15) is 4.79 Å². The van der Waals surface area contributed by atoms with Crippen molar-refractivity contribution in [3.8, 4) is 5.75 Å². The number of benzene rings is 1. The molecule has 0 unspecified atom stereocenters. The number of likely N-dealkylation sites (N-methyl/N-ethyl adjacent to an activating group) is 1. The molecule has 1 heterocycles. The van der Waals surface area contributed by atoms with Crippen LogP contribution in [-0.4, -0.2) is 56.0 Å². The topological polar surface area (TPSA) is 32.8 Å². The highest BCUT2D eigenvalue weighted by Crippen LogP contribution is 2.19. The minimum atomic E-state index is 0.270. The first kappa shape index (κ1) is 14.9. The second-order valence-electron chi connectivity index (χ2n) is 5.49. The van der Waals surface area contributed by atoms with E-state index in [0.717, 1.165) is 43.9 Å². The van der Waals surface area contributed by atoms with Crippen molar-refractivity contribution in [3.05, 3.63) is 29.3 Å². The Bertz CT molecular complexity index is 466. The van der Waals surface area contributed by atoms with Crippen molar-refractivity contribution >= 4 is 5.91 Å². The van der Waals surface area contributed by atoms with Gasteiger partial charge >= 0.3 is 0 Å². The van der Waals surface area contributed by atoms with E-state index in [4.69, 9.17) is 4.74 Å². The van der Waals surface area contributed by atoms with Crippen LogP contribution in [0.2, 0.25) is 0 Å². The van der Waals surface area contributed by atoms with Crippen molar-refractivity contribution in [3.63, 3.8) is 0 Å².